The van der Waals surface area contributed by atoms with E-state index in [9.17, 15) is 13.2 Å². The summed E-state index contributed by atoms with van der Waals surface area (Å²) >= 11 is 0. The molecule has 1 fully saturated rings. The molecule has 5 heteroatoms. The van der Waals surface area contributed by atoms with Gasteiger partial charge < -0.3 is 5.11 Å². The lowest BCUT2D eigenvalue weighted by atomic mass is 10.1. The molecule has 0 aliphatic heterocycles. The van der Waals surface area contributed by atoms with Crippen LogP contribution in [0.3, 0.4) is 0 Å². The third-order valence-corrected chi connectivity index (χ3v) is 3.95. The monoisotopic (exact) mass is 204 g/mol. The molecule has 0 aromatic rings. The average molecular weight is 204 g/mol. The Labute approximate surface area is 77.2 Å². The summed E-state index contributed by atoms with van der Waals surface area (Å²) in [6, 6.07) is 0. The average Bonchev–Trinajstić information content (AvgIpc) is 2.29. The van der Waals surface area contributed by atoms with Crippen molar-refractivity contribution in [1.29, 1.82) is 0 Å². The van der Waals surface area contributed by atoms with Gasteiger partial charge in [0.05, 0.1) is 11.2 Å². The largest absolute Gasteiger partial charge is 0.481 e. The van der Waals surface area contributed by atoms with Crippen molar-refractivity contribution < 1.29 is 18.3 Å². The van der Waals surface area contributed by atoms with Crippen LogP contribution < -0.4 is 0 Å². The summed E-state index contributed by atoms with van der Waals surface area (Å²) < 4.78 is 22.2. The first kappa shape index (κ1) is 10.2. The Balaban J connectivity index is 2.83. The fraction of sp³-hybridized carbons (Fsp3) is 0.625. The van der Waals surface area contributed by atoms with Crippen LogP contribution in [-0.4, -0.2) is 31.0 Å². The van der Waals surface area contributed by atoms with Crippen LogP contribution in [0.1, 0.15) is 12.8 Å². The first-order chi connectivity index (χ1) is 5.82. The van der Waals surface area contributed by atoms with Crippen LogP contribution in [0.2, 0.25) is 0 Å². The predicted molar refractivity (Wildman–Crippen MR) is 48.1 cm³/mol. The van der Waals surface area contributed by atoms with Gasteiger partial charge in [-0.2, -0.15) is 0 Å². The highest BCUT2D eigenvalue weighted by molar-refractivity contribution is 7.91. The molecule has 0 heterocycles. The second kappa shape index (κ2) is 3.14. The van der Waals surface area contributed by atoms with Gasteiger partial charge in [-0.3, -0.25) is 4.79 Å². The molecule has 1 aliphatic carbocycles. The highest BCUT2D eigenvalue weighted by Gasteiger charge is 2.37. The first-order valence-corrected chi connectivity index (χ1v) is 5.87. The Bertz CT molecular complexity index is 341. The van der Waals surface area contributed by atoms with E-state index in [1.807, 2.05) is 0 Å². The molecule has 0 amide bonds. The van der Waals surface area contributed by atoms with Crippen molar-refractivity contribution in [3.05, 3.63) is 12.2 Å². The summed E-state index contributed by atoms with van der Waals surface area (Å²) in [4.78, 5) is 10.6. The van der Waals surface area contributed by atoms with Crippen LogP contribution in [0, 0.1) is 5.92 Å². The van der Waals surface area contributed by atoms with Crippen molar-refractivity contribution in [2.75, 3.05) is 6.26 Å². The maximum atomic E-state index is 11.1. The molecule has 1 saturated carbocycles. The molecule has 1 aliphatic rings. The van der Waals surface area contributed by atoms with Crippen LogP contribution in [0.5, 0.6) is 0 Å². The highest BCUT2D eigenvalue weighted by atomic mass is 32.2. The SMILES string of the molecule is C=C1C[C@@H](S(C)(=O)=O)C[C@H]1C(=O)O. The number of rotatable bonds is 2. The van der Waals surface area contributed by atoms with Crippen molar-refractivity contribution in [1.82, 2.24) is 0 Å². The Morgan fingerprint density at radius 1 is 1.62 bits per heavy atom. The summed E-state index contributed by atoms with van der Waals surface area (Å²) in [5.41, 5.74) is 0.517. The summed E-state index contributed by atoms with van der Waals surface area (Å²) in [5.74, 6) is -1.66. The smallest absolute Gasteiger partial charge is 0.310 e. The number of hydrogen-bond acceptors (Lipinski definition) is 3. The molecular weight excluding hydrogens is 192 g/mol. The minimum absolute atomic E-state index is 0.174. The van der Waals surface area contributed by atoms with Gasteiger partial charge in [-0.25, -0.2) is 8.42 Å². The number of carbonyl (C=O) groups is 1. The van der Waals surface area contributed by atoms with Crippen LogP contribution in [0.4, 0.5) is 0 Å². The second-order valence-electron chi connectivity index (χ2n) is 3.44. The van der Waals surface area contributed by atoms with Crippen molar-refractivity contribution >= 4 is 15.8 Å². The third kappa shape index (κ3) is 2.09. The van der Waals surface area contributed by atoms with Crippen LogP contribution in [0.15, 0.2) is 12.2 Å². The van der Waals surface area contributed by atoms with E-state index in [1.54, 1.807) is 0 Å². The zero-order chi connectivity index (χ0) is 10.2. The Morgan fingerprint density at radius 3 is 2.38 bits per heavy atom. The first-order valence-electron chi connectivity index (χ1n) is 3.91. The molecule has 0 aromatic heterocycles. The van der Waals surface area contributed by atoms with E-state index >= 15 is 0 Å². The molecule has 4 nitrogen and oxygen atoms in total. The molecule has 74 valence electrons. The lowest BCUT2D eigenvalue weighted by Crippen LogP contribution is -2.18. The van der Waals surface area contributed by atoms with Gasteiger partial charge in [0.15, 0.2) is 9.84 Å². The lowest BCUT2D eigenvalue weighted by Gasteiger charge is -2.04. The number of carboxylic acid groups (broad SMARTS) is 1. The van der Waals surface area contributed by atoms with E-state index in [4.69, 9.17) is 5.11 Å². The van der Waals surface area contributed by atoms with Crippen molar-refractivity contribution in [2.45, 2.75) is 18.1 Å². The maximum Gasteiger partial charge on any atom is 0.310 e. The number of aliphatic carboxylic acids is 1. The summed E-state index contributed by atoms with van der Waals surface area (Å²) in [5, 5.41) is 8.16. The van der Waals surface area contributed by atoms with E-state index in [2.05, 4.69) is 6.58 Å². The van der Waals surface area contributed by atoms with E-state index in [1.165, 1.54) is 0 Å². The molecule has 0 bridgehead atoms. The fourth-order valence-electron chi connectivity index (χ4n) is 1.55. The van der Waals surface area contributed by atoms with Crippen molar-refractivity contribution in [3.63, 3.8) is 0 Å². The van der Waals surface area contributed by atoms with Gasteiger partial charge in [0.1, 0.15) is 0 Å². The minimum Gasteiger partial charge on any atom is -0.481 e. The summed E-state index contributed by atoms with van der Waals surface area (Å²) in [6.07, 6.45) is 1.60. The molecule has 2 atom stereocenters. The molecule has 0 spiro atoms. The van der Waals surface area contributed by atoms with Gasteiger partial charge in [0.2, 0.25) is 0 Å². The molecular formula is C8H12O4S. The van der Waals surface area contributed by atoms with Crippen LogP contribution >= 0.6 is 0 Å². The van der Waals surface area contributed by atoms with Crippen LogP contribution in [-0.2, 0) is 14.6 Å². The maximum absolute atomic E-state index is 11.1. The summed E-state index contributed by atoms with van der Waals surface area (Å²) in [7, 11) is -3.13. The van der Waals surface area contributed by atoms with Gasteiger partial charge in [-0.05, 0) is 12.8 Å². The van der Waals surface area contributed by atoms with Crippen molar-refractivity contribution in [3.8, 4) is 0 Å². The summed E-state index contributed by atoms with van der Waals surface area (Å²) in [6.45, 7) is 3.58. The van der Waals surface area contributed by atoms with E-state index < -0.39 is 27.0 Å². The third-order valence-electron chi connectivity index (χ3n) is 2.38. The molecule has 0 saturated heterocycles. The van der Waals surface area contributed by atoms with Gasteiger partial charge in [0.25, 0.3) is 0 Å². The Kier molecular flexibility index (Phi) is 2.47. The molecule has 0 aromatic carbocycles. The second-order valence-corrected chi connectivity index (χ2v) is 5.77. The van der Waals surface area contributed by atoms with Gasteiger partial charge >= 0.3 is 5.97 Å². The molecule has 1 rings (SSSR count). The zero-order valence-electron chi connectivity index (χ0n) is 7.36. The number of hydrogen-bond donors (Lipinski definition) is 1. The van der Waals surface area contributed by atoms with Gasteiger partial charge in [-0.1, -0.05) is 12.2 Å². The standard InChI is InChI=1S/C8H12O4S/c1-5-3-6(13(2,11)12)4-7(5)8(9)10/h6-7H,1,3-4H2,2H3,(H,9,10)/t6-,7-/m1/s1. The quantitative estimate of drug-likeness (QED) is 0.663. The fourth-order valence-corrected chi connectivity index (χ4v) is 2.61. The number of sulfone groups is 1. The molecule has 13 heavy (non-hydrogen) atoms. The molecule has 0 radical (unpaired) electrons. The zero-order valence-corrected chi connectivity index (χ0v) is 8.17. The Morgan fingerprint density at radius 2 is 2.15 bits per heavy atom. The molecule has 1 N–H and O–H groups in total. The van der Waals surface area contributed by atoms with E-state index in [0.717, 1.165) is 6.26 Å². The lowest BCUT2D eigenvalue weighted by molar-refractivity contribution is -0.140. The number of carboxylic acids is 1. The van der Waals surface area contributed by atoms with Gasteiger partial charge in [0, 0.05) is 6.26 Å². The van der Waals surface area contributed by atoms with Crippen LogP contribution in [0.25, 0.3) is 0 Å². The van der Waals surface area contributed by atoms with E-state index in [0.29, 0.717) is 5.57 Å². The van der Waals surface area contributed by atoms with Gasteiger partial charge in [-0.15, -0.1) is 0 Å². The topological polar surface area (TPSA) is 71.4 Å². The Hall–Kier alpha value is -0.840. The van der Waals surface area contributed by atoms with Crippen molar-refractivity contribution in [2.24, 2.45) is 5.92 Å². The molecule has 0 unspecified atom stereocenters. The highest BCUT2D eigenvalue weighted by Crippen LogP contribution is 2.33. The predicted octanol–water partition coefficient (Wildman–Crippen LogP) is 0.450. The minimum atomic E-state index is -3.13. The normalized spacial score (nSPS) is 29.2. The van der Waals surface area contributed by atoms with E-state index in [-0.39, 0.29) is 12.8 Å².